The Hall–Kier alpha value is -1.30. The fourth-order valence-electron chi connectivity index (χ4n) is 1.03. The molecule has 14 heavy (non-hydrogen) atoms. The molecule has 0 atom stereocenters. The van der Waals surface area contributed by atoms with Crippen LogP contribution in [0.3, 0.4) is 0 Å². The summed E-state index contributed by atoms with van der Waals surface area (Å²) < 4.78 is 3.91. The van der Waals surface area contributed by atoms with E-state index in [0.717, 1.165) is 0 Å². The van der Waals surface area contributed by atoms with Crippen molar-refractivity contribution >= 4 is 28.3 Å². The van der Waals surface area contributed by atoms with E-state index in [1.165, 1.54) is 11.5 Å². The summed E-state index contributed by atoms with van der Waals surface area (Å²) in [6, 6.07) is 0.0894. The summed E-state index contributed by atoms with van der Waals surface area (Å²) in [5.74, 6) is 0.0908. The quantitative estimate of drug-likeness (QED) is 0.698. The smallest absolute Gasteiger partial charge is 0.258 e. The van der Waals surface area contributed by atoms with Gasteiger partial charge in [0.25, 0.3) is 5.91 Å². The molecule has 5 nitrogen and oxygen atoms in total. The van der Waals surface area contributed by atoms with E-state index in [4.69, 9.17) is 5.73 Å². The van der Waals surface area contributed by atoms with Crippen LogP contribution in [-0.4, -0.2) is 23.4 Å². The summed E-state index contributed by atoms with van der Waals surface area (Å²) in [6.45, 7) is 3.79. The number of aromatic nitrogens is 1. The van der Waals surface area contributed by atoms with Crippen LogP contribution in [0.15, 0.2) is 0 Å². The first-order chi connectivity index (χ1) is 6.56. The molecule has 78 valence electrons. The molecular weight excluding hydrogens is 200 g/mol. The second-order valence-electron chi connectivity index (χ2n) is 3.15. The molecule has 6 heteroatoms. The number of carbonyl (C=O) groups is 1. The number of nitrogen functional groups attached to an aromatic ring is 1. The van der Waals surface area contributed by atoms with Crippen molar-refractivity contribution in [3.05, 3.63) is 5.56 Å². The lowest BCUT2D eigenvalue weighted by Crippen LogP contribution is -2.30. The molecular formula is C8H14N4OS. The Balaban J connectivity index is 2.93. The zero-order valence-corrected chi connectivity index (χ0v) is 9.23. The van der Waals surface area contributed by atoms with Gasteiger partial charge in [0.1, 0.15) is 10.6 Å². The summed E-state index contributed by atoms with van der Waals surface area (Å²) in [4.78, 5) is 11.7. The second-order valence-corrected chi connectivity index (χ2v) is 3.92. The van der Waals surface area contributed by atoms with Gasteiger partial charge in [-0.15, -0.1) is 0 Å². The van der Waals surface area contributed by atoms with E-state index < -0.39 is 0 Å². The van der Waals surface area contributed by atoms with E-state index in [-0.39, 0.29) is 17.8 Å². The van der Waals surface area contributed by atoms with Crippen LogP contribution in [0.1, 0.15) is 24.2 Å². The van der Waals surface area contributed by atoms with Crippen LogP contribution in [0.4, 0.5) is 10.8 Å². The van der Waals surface area contributed by atoms with Crippen LogP contribution >= 0.6 is 11.5 Å². The van der Waals surface area contributed by atoms with Crippen LogP contribution in [0.5, 0.6) is 0 Å². The molecule has 1 rings (SSSR count). The van der Waals surface area contributed by atoms with Crippen LogP contribution < -0.4 is 16.4 Å². The average molecular weight is 214 g/mol. The maximum absolute atomic E-state index is 11.7. The zero-order valence-electron chi connectivity index (χ0n) is 8.42. The third-order valence-corrected chi connectivity index (χ3v) is 2.47. The fraction of sp³-hybridized carbons (Fsp3) is 0.500. The van der Waals surface area contributed by atoms with Gasteiger partial charge < -0.3 is 16.4 Å². The minimum atomic E-state index is -0.185. The molecule has 1 aromatic rings. The van der Waals surface area contributed by atoms with Crippen molar-refractivity contribution in [1.29, 1.82) is 0 Å². The predicted molar refractivity (Wildman–Crippen MR) is 58.7 cm³/mol. The lowest BCUT2D eigenvalue weighted by Gasteiger charge is -2.08. The SMILES string of the molecule is CNc1snc(N)c1C(=O)NC(C)C. The minimum Gasteiger partial charge on any atom is -0.382 e. The molecule has 0 fully saturated rings. The van der Waals surface area contributed by atoms with Crippen molar-refractivity contribution < 1.29 is 4.79 Å². The molecule has 0 aliphatic carbocycles. The Morgan fingerprint density at radius 3 is 2.71 bits per heavy atom. The predicted octanol–water partition coefficient (Wildman–Crippen LogP) is 0.905. The van der Waals surface area contributed by atoms with Crippen molar-refractivity contribution in [3.8, 4) is 0 Å². The molecule has 0 bridgehead atoms. The van der Waals surface area contributed by atoms with Gasteiger partial charge in [-0.05, 0) is 25.4 Å². The van der Waals surface area contributed by atoms with Gasteiger partial charge in [-0.2, -0.15) is 4.37 Å². The van der Waals surface area contributed by atoms with E-state index >= 15 is 0 Å². The van der Waals surface area contributed by atoms with Crippen molar-refractivity contribution in [2.45, 2.75) is 19.9 Å². The molecule has 0 aliphatic heterocycles. The van der Waals surface area contributed by atoms with E-state index in [2.05, 4.69) is 15.0 Å². The monoisotopic (exact) mass is 214 g/mol. The molecule has 1 heterocycles. The van der Waals surface area contributed by atoms with Crippen molar-refractivity contribution in [3.63, 3.8) is 0 Å². The molecule has 0 spiro atoms. The standard InChI is InChI=1S/C8H14N4OS/c1-4(2)11-7(13)5-6(9)12-14-8(5)10-3/h4,10H,1-3H3,(H2,9,12)(H,11,13). The summed E-state index contributed by atoms with van der Waals surface area (Å²) in [7, 11) is 1.74. The molecule has 0 unspecified atom stereocenters. The first-order valence-corrected chi connectivity index (χ1v) is 5.07. The number of hydrogen-bond acceptors (Lipinski definition) is 5. The van der Waals surface area contributed by atoms with Gasteiger partial charge in [0, 0.05) is 13.1 Å². The molecule has 1 amide bonds. The van der Waals surface area contributed by atoms with Crippen LogP contribution in [-0.2, 0) is 0 Å². The number of rotatable bonds is 3. The van der Waals surface area contributed by atoms with E-state index in [1.54, 1.807) is 7.05 Å². The number of anilines is 2. The molecule has 0 aliphatic rings. The third-order valence-electron chi connectivity index (χ3n) is 1.59. The van der Waals surface area contributed by atoms with E-state index in [9.17, 15) is 4.79 Å². The van der Waals surface area contributed by atoms with Gasteiger partial charge in [0.2, 0.25) is 0 Å². The van der Waals surface area contributed by atoms with Gasteiger partial charge in [-0.1, -0.05) is 0 Å². The Labute approximate surface area is 86.9 Å². The average Bonchev–Trinajstić information content (AvgIpc) is 2.45. The lowest BCUT2D eigenvalue weighted by molar-refractivity contribution is 0.0945. The zero-order chi connectivity index (χ0) is 10.7. The van der Waals surface area contributed by atoms with Gasteiger partial charge in [0.15, 0.2) is 5.82 Å². The van der Waals surface area contributed by atoms with Gasteiger partial charge in [-0.3, -0.25) is 4.79 Å². The first-order valence-electron chi connectivity index (χ1n) is 4.30. The Morgan fingerprint density at radius 1 is 1.57 bits per heavy atom. The normalized spacial score (nSPS) is 10.3. The summed E-state index contributed by atoms with van der Waals surface area (Å²) in [6.07, 6.45) is 0. The Kier molecular flexibility index (Phi) is 3.29. The molecule has 0 radical (unpaired) electrons. The fourth-order valence-corrected chi connectivity index (χ4v) is 1.69. The summed E-state index contributed by atoms with van der Waals surface area (Å²) in [5.41, 5.74) is 6.03. The van der Waals surface area contributed by atoms with Crippen molar-refractivity contribution in [1.82, 2.24) is 9.69 Å². The van der Waals surface area contributed by atoms with Gasteiger partial charge >= 0.3 is 0 Å². The topological polar surface area (TPSA) is 80.0 Å². The van der Waals surface area contributed by atoms with Crippen molar-refractivity contribution in [2.24, 2.45) is 0 Å². The third kappa shape index (κ3) is 2.14. The maximum atomic E-state index is 11.7. The highest BCUT2D eigenvalue weighted by atomic mass is 32.1. The molecule has 4 N–H and O–H groups in total. The van der Waals surface area contributed by atoms with Gasteiger partial charge in [0.05, 0.1) is 0 Å². The number of nitrogens with two attached hydrogens (primary N) is 1. The highest BCUT2D eigenvalue weighted by molar-refractivity contribution is 7.11. The number of carbonyl (C=O) groups excluding carboxylic acids is 1. The minimum absolute atomic E-state index is 0.0894. The second kappa shape index (κ2) is 4.28. The first kappa shape index (κ1) is 10.8. The van der Waals surface area contributed by atoms with Crippen molar-refractivity contribution in [2.75, 3.05) is 18.1 Å². The molecule has 1 aromatic heterocycles. The molecule has 0 saturated heterocycles. The number of hydrogen-bond donors (Lipinski definition) is 3. The van der Waals surface area contributed by atoms with Crippen LogP contribution in [0.25, 0.3) is 0 Å². The lowest BCUT2D eigenvalue weighted by atomic mass is 10.2. The largest absolute Gasteiger partial charge is 0.382 e. The Morgan fingerprint density at radius 2 is 2.21 bits per heavy atom. The summed E-state index contributed by atoms with van der Waals surface area (Å²) >= 11 is 1.18. The maximum Gasteiger partial charge on any atom is 0.258 e. The number of nitrogens with zero attached hydrogens (tertiary/aromatic N) is 1. The highest BCUT2D eigenvalue weighted by Gasteiger charge is 2.18. The molecule has 0 saturated carbocycles. The number of nitrogens with one attached hydrogen (secondary N) is 2. The molecule has 0 aromatic carbocycles. The van der Waals surface area contributed by atoms with Gasteiger partial charge in [-0.25, -0.2) is 0 Å². The van der Waals surface area contributed by atoms with Crippen LogP contribution in [0, 0.1) is 0 Å². The number of amides is 1. The highest BCUT2D eigenvalue weighted by Crippen LogP contribution is 2.25. The summed E-state index contributed by atoms with van der Waals surface area (Å²) in [5, 5.41) is 6.35. The van der Waals surface area contributed by atoms with Crippen LogP contribution in [0.2, 0.25) is 0 Å². The van der Waals surface area contributed by atoms with E-state index in [1.807, 2.05) is 13.8 Å². The van der Waals surface area contributed by atoms with E-state index in [0.29, 0.717) is 10.6 Å². The Bertz CT molecular complexity index is 334.